The summed E-state index contributed by atoms with van der Waals surface area (Å²) in [6.07, 6.45) is 7.94. The van der Waals surface area contributed by atoms with Crippen LogP contribution in [0.5, 0.6) is 5.75 Å². The predicted molar refractivity (Wildman–Crippen MR) is 125 cm³/mol. The van der Waals surface area contributed by atoms with E-state index in [0.717, 1.165) is 42.5 Å². The summed E-state index contributed by atoms with van der Waals surface area (Å²) in [4.78, 5) is 11.4. The standard InChI is InChI=1S/C24H25FN6OS/c1-2-14-3-8-18(25)19(9-14)31(16-5-6-16)22-13-28-24(30-29-22)17-7-4-15(10-20(17)32)21-12-27-23(11-26)33-21/h4,7,10,12-14,16,18-19,32H,2-3,5-6,8-9H2,1H3/t14-,18+,19-/m1/s1. The lowest BCUT2D eigenvalue weighted by Gasteiger charge is -2.40. The summed E-state index contributed by atoms with van der Waals surface area (Å²) in [6.45, 7) is 2.17. The van der Waals surface area contributed by atoms with Gasteiger partial charge in [-0.05, 0) is 55.7 Å². The Bertz CT molecular complexity index is 1170. The molecule has 0 amide bonds. The van der Waals surface area contributed by atoms with Crippen molar-refractivity contribution in [1.82, 2.24) is 20.2 Å². The maximum Gasteiger partial charge on any atom is 0.194 e. The van der Waals surface area contributed by atoms with Crippen molar-refractivity contribution in [2.24, 2.45) is 5.92 Å². The highest BCUT2D eigenvalue weighted by atomic mass is 32.1. The van der Waals surface area contributed by atoms with Gasteiger partial charge < -0.3 is 10.0 Å². The number of halogens is 1. The molecule has 2 aromatic heterocycles. The zero-order chi connectivity index (χ0) is 22.9. The predicted octanol–water partition coefficient (Wildman–Crippen LogP) is 5.12. The van der Waals surface area contributed by atoms with Gasteiger partial charge in [-0.15, -0.1) is 21.5 Å². The Hall–Kier alpha value is -3.12. The van der Waals surface area contributed by atoms with Gasteiger partial charge in [0.25, 0.3) is 0 Å². The second kappa shape index (κ2) is 9.02. The maximum atomic E-state index is 14.9. The van der Waals surface area contributed by atoms with E-state index < -0.39 is 6.17 Å². The summed E-state index contributed by atoms with van der Waals surface area (Å²) >= 11 is 1.26. The van der Waals surface area contributed by atoms with Gasteiger partial charge in [0.2, 0.25) is 0 Å². The van der Waals surface area contributed by atoms with E-state index in [-0.39, 0.29) is 11.8 Å². The van der Waals surface area contributed by atoms with E-state index in [1.54, 1.807) is 24.5 Å². The average molecular weight is 465 g/mol. The lowest BCUT2D eigenvalue weighted by molar-refractivity contribution is 0.166. The Balaban J connectivity index is 1.39. The van der Waals surface area contributed by atoms with Crippen LogP contribution in [0.3, 0.4) is 0 Å². The normalized spacial score (nSPS) is 22.6. The van der Waals surface area contributed by atoms with Crippen molar-refractivity contribution in [1.29, 1.82) is 5.26 Å². The van der Waals surface area contributed by atoms with Crippen molar-refractivity contribution in [3.8, 4) is 33.6 Å². The molecule has 2 fully saturated rings. The number of hydrogen-bond acceptors (Lipinski definition) is 8. The highest BCUT2D eigenvalue weighted by molar-refractivity contribution is 7.15. The number of nitrogens with zero attached hydrogens (tertiary/aromatic N) is 6. The van der Waals surface area contributed by atoms with Gasteiger partial charge in [-0.1, -0.05) is 19.4 Å². The Morgan fingerprint density at radius 3 is 2.67 bits per heavy atom. The zero-order valence-electron chi connectivity index (χ0n) is 18.4. The van der Waals surface area contributed by atoms with Gasteiger partial charge >= 0.3 is 0 Å². The van der Waals surface area contributed by atoms with E-state index in [0.29, 0.717) is 40.6 Å². The van der Waals surface area contributed by atoms with E-state index in [9.17, 15) is 9.50 Å². The van der Waals surface area contributed by atoms with Crippen LogP contribution >= 0.6 is 11.3 Å². The molecule has 0 bridgehead atoms. The molecule has 2 aliphatic rings. The van der Waals surface area contributed by atoms with Crippen LogP contribution in [0.2, 0.25) is 0 Å². The molecule has 3 atom stereocenters. The van der Waals surface area contributed by atoms with Crippen molar-refractivity contribution in [3.05, 3.63) is 35.6 Å². The van der Waals surface area contributed by atoms with Crippen molar-refractivity contribution in [2.45, 2.75) is 63.7 Å². The first-order chi connectivity index (χ1) is 16.1. The van der Waals surface area contributed by atoms with Crippen LogP contribution in [-0.4, -0.2) is 43.5 Å². The highest BCUT2D eigenvalue weighted by Gasteiger charge is 2.41. The molecule has 0 radical (unpaired) electrons. The number of phenolic OH excluding ortho intramolecular Hbond substituents is 1. The van der Waals surface area contributed by atoms with Crippen LogP contribution in [-0.2, 0) is 0 Å². The monoisotopic (exact) mass is 464 g/mol. The molecule has 2 heterocycles. The smallest absolute Gasteiger partial charge is 0.194 e. The molecule has 0 aliphatic heterocycles. The zero-order valence-corrected chi connectivity index (χ0v) is 19.2. The third-order valence-electron chi connectivity index (χ3n) is 6.66. The second-order valence-electron chi connectivity index (χ2n) is 8.82. The third kappa shape index (κ3) is 4.40. The molecular formula is C24H25FN6OS. The lowest BCUT2D eigenvalue weighted by atomic mass is 9.82. The Morgan fingerprint density at radius 1 is 1.18 bits per heavy atom. The van der Waals surface area contributed by atoms with Gasteiger partial charge in [0.05, 0.1) is 22.7 Å². The molecule has 1 aromatic carbocycles. The molecule has 33 heavy (non-hydrogen) atoms. The molecule has 0 unspecified atom stereocenters. The Labute approximate surface area is 196 Å². The van der Waals surface area contributed by atoms with E-state index in [1.807, 2.05) is 12.1 Å². The van der Waals surface area contributed by atoms with Crippen LogP contribution in [0.25, 0.3) is 21.8 Å². The minimum Gasteiger partial charge on any atom is -0.507 e. The molecular weight excluding hydrogens is 439 g/mol. The number of rotatable bonds is 6. The quantitative estimate of drug-likeness (QED) is 0.540. The van der Waals surface area contributed by atoms with Crippen LogP contribution in [0, 0.1) is 17.2 Å². The fourth-order valence-electron chi connectivity index (χ4n) is 4.68. The van der Waals surface area contributed by atoms with Crippen molar-refractivity contribution in [3.63, 3.8) is 0 Å². The van der Waals surface area contributed by atoms with Crippen LogP contribution in [0.4, 0.5) is 10.2 Å². The summed E-state index contributed by atoms with van der Waals surface area (Å²) in [7, 11) is 0. The van der Waals surface area contributed by atoms with E-state index in [4.69, 9.17) is 5.26 Å². The number of nitriles is 1. The highest BCUT2D eigenvalue weighted by Crippen LogP contribution is 2.40. The van der Waals surface area contributed by atoms with Gasteiger partial charge in [0.15, 0.2) is 16.6 Å². The molecule has 2 aliphatic carbocycles. The van der Waals surface area contributed by atoms with Gasteiger partial charge in [0, 0.05) is 12.2 Å². The van der Waals surface area contributed by atoms with Crippen molar-refractivity contribution < 1.29 is 9.50 Å². The minimum atomic E-state index is -0.861. The summed E-state index contributed by atoms with van der Waals surface area (Å²) < 4.78 is 14.9. The van der Waals surface area contributed by atoms with Crippen LogP contribution < -0.4 is 4.90 Å². The molecule has 1 N–H and O–H groups in total. The number of phenols is 1. The SMILES string of the molecule is CC[C@@H]1CC[C@H](F)[C@H](N(c2cnc(-c3ccc(-c4cnc(C#N)s4)cc3O)nn2)C2CC2)C1. The third-order valence-corrected chi connectivity index (χ3v) is 7.61. The minimum absolute atomic E-state index is 0.0231. The first-order valence-electron chi connectivity index (χ1n) is 11.4. The van der Waals surface area contributed by atoms with E-state index >= 15 is 0 Å². The van der Waals surface area contributed by atoms with Crippen molar-refractivity contribution in [2.75, 3.05) is 4.90 Å². The topological polar surface area (TPSA) is 98.8 Å². The van der Waals surface area contributed by atoms with Crippen LogP contribution in [0.1, 0.15) is 50.5 Å². The molecule has 5 rings (SSSR count). The summed E-state index contributed by atoms with van der Waals surface area (Å²) in [5.74, 6) is 1.49. The fourth-order valence-corrected chi connectivity index (χ4v) is 5.39. The van der Waals surface area contributed by atoms with Gasteiger partial charge in [-0.25, -0.2) is 14.4 Å². The largest absolute Gasteiger partial charge is 0.507 e. The summed E-state index contributed by atoms with van der Waals surface area (Å²) in [5.41, 5.74) is 1.23. The molecule has 7 nitrogen and oxygen atoms in total. The first-order valence-corrected chi connectivity index (χ1v) is 12.2. The lowest BCUT2D eigenvalue weighted by Crippen LogP contribution is -2.47. The molecule has 9 heteroatoms. The van der Waals surface area contributed by atoms with Crippen LogP contribution in [0.15, 0.2) is 30.6 Å². The van der Waals surface area contributed by atoms with Gasteiger partial charge in [-0.3, -0.25) is 0 Å². The van der Waals surface area contributed by atoms with Crippen molar-refractivity contribution >= 4 is 17.2 Å². The molecule has 3 aromatic rings. The van der Waals surface area contributed by atoms with E-state index in [2.05, 4.69) is 32.0 Å². The average Bonchev–Trinajstić information content (AvgIpc) is 3.55. The fraction of sp³-hybridized carbons (Fsp3) is 0.458. The second-order valence-corrected chi connectivity index (χ2v) is 9.85. The van der Waals surface area contributed by atoms with Gasteiger partial charge in [-0.2, -0.15) is 5.26 Å². The molecule has 2 saturated carbocycles. The van der Waals surface area contributed by atoms with Gasteiger partial charge in [0.1, 0.15) is 18.0 Å². The number of aromatic nitrogens is 4. The van der Waals surface area contributed by atoms with E-state index in [1.165, 1.54) is 11.3 Å². The molecule has 0 spiro atoms. The number of anilines is 1. The first kappa shape index (κ1) is 21.7. The Kier molecular flexibility index (Phi) is 5.94. The number of thiazole rings is 1. The Morgan fingerprint density at radius 2 is 2.03 bits per heavy atom. The summed E-state index contributed by atoms with van der Waals surface area (Å²) in [5, 5.41) is 28.6. The molecule has 170 valence electrons. The number of hydrogen-bond donors (Lipinski definition) is 1. The number of alkyl halides is 1. The maximum absolute atomic E-state index is 14.9. The number of benzene rings is 1. The number of aromatic hydroxyl groups is 1. The molecule has 0 saturated heterocycles. The summed E-state index contributed by atoms with van der Waals surface area (Å²) in [6, 6.07) is 7.31.